The summed E-state index contributed by atoms with van der Waals surface area (Å²) in [4.78, 5) is 13.9. The van der Waals surface area contributed by atoms with Crippen molar-refractivity contribution in [2.45, 2.75) is 12.0 Å². The summed E-state index contributed by atoms with van der Waals surface area (Å²) in [7, 11) is 3.48. The Morgan fingerprint density at radius 1 is 1.17 bits per heavy atom. The van der Waals surface area contributed by atoms with Gasteiger partial charge in [0.1, 0.15) is 0 Å². The molecule has 0 amide bonds. The third kappa shape index (κ3) is 3.68. The van der Waals surface area contributed by atoms with Crippen molar-refractivity contribution in [1.29, 1.82) is 0 Å². The zero-order valence-corrected chi connectivity index (χ0v) is 13.4. The summed E-state index contributed by atoms with van der Waals surface area (Å²) in [5.41, 5.74) is 0.339. The van der Waals surface area contributed by atoms with E-state index < -0.39 is 17.8 Å². The minimum atomic E-state index is -3.96. The van der Waals surface area contributed by atoms with Crippen LogP contribution in [0.4, 0.5) is 14.5 Å². The molecule has 2 aromatic rings. The maximum absolute atomic E-state index is 14.4. The number of aliphatic hydroxyl groups is 1. The number of alkyl halides is 2. The van der Waals surface area contributed by atoms with E-state index in [1.165, 1.54) is 42.5 Å². The first-order chi connectivity index (χ1) is 10.7. The Hall–Kier alpha value is -1.98. The van der Waals surface area contributed by atoms with Gasteiger partial charge in [-0.2, -0.15) is 8.78 Å². The number of carbonyl (C=O) groups is 1. The van der Waals surface area contributed by atoms with Gasteiger partial charge in [-0.15, -0.1) is 0 Å². The van der Waals surface area contributed by atoms with Gasteiger partial charge in [-0.25, -0.2) is 0 Å². The summed E-state index contributed by atoms with van der Waals surface area (Å²) in [6.07, 6.45) is -2.27. The number of anilines is 1. The summed E-state index contributed by atoms with van der Waals surface area (Å²) in [6, 6.07) is 11.3. The highest BCUT2D eigenvalue weighted by atomic mass is 35.5. The normalized spacial score (nSPS) is 12.8. The molecule has 2 aromatic carbocycles. The molecule has 0 aliphatic heterocycles. The molecule has 0 aromatic heterocycles. The number of benzene rings is 2. The fourth-order valence-electron chi connectivity index (χ4n) is 2.13. The van der Waals surface area contributed by atoms with Crippen molar-refractivity contribution in [2.24, 2.45) is 0 Å². The van der Waals surface area contributed by atoms with Gasteiger partial charge >= 0.3 is 5.92 Å². The number of hydrogen-bond acceptors (Lipinski definition) is 3. The average Bonchev–Trinajstić information content (AvgIpc) is 2.53. The van der Waals surface area contributed by atoms with Crippen LogP contribution in [0, 0.1) is 0 Å². The second kappa shape index (κ2) is 6.64. The van der Waals surface area contributed by atoms with Crippen molar-refractivity contribution in [3.05, 3.63) is 64.7 Å². The van der Waals surface area contributed by atoms with Crippen molar-refractivity contribution in [2.75, 3.05) is 19.0 Å². The Bertz CT molecular complexity index is 719. The Morgan fingerprint density at radius 3 is 2.43 bits per heavy atom. The van der Waals surface area contributed by atoms with Gasteiger partial charge in [0.25, 0.3) is 0 Å². The number of carbonyl (C=O) groups excluding carboxylic acids is 1. The number of hydrogen-bond donors (Lipinski definition) is 1. The van der Waals surface area contributed by atoms with Crippen molar-refractivity contribution < 1.29 is 18.7 Å². The Balaban J connectivity index is 2.34. The first kappa shape index (κ1) is 17.4. The van der Waals surface area contributed by atoms with Crippen molar-refractivity contribution >= 4 is 23.1 Å². The van der Waals surface area contributed by atoms with E-state index in [-0.39, 0.29) is 16.1 Å². The molecule has 0 fully saturated rings. The topological polar surface area (TPSA) is 40.5 Å². The fraction of sp³-hybridized carbons (Fsp3) is 0.235. The molecule has 1 atom stereocenters. The largest absolute Gasteiger partial charge is 0.382 e. The minimum absolute atomic E-state index is 0.111. The van der Waals surface area contributed by atoms with E-state index in [4.69, 9.17) is 11.6 Å². The molecule has 0 spiro atoms. The van der Waals surface area contributed by atoms with E-state index in [2.05, 4.69) is 0 Å². The van der Waals surface area contributed by atoms with E-state index in [9.17, 15) is 18.7 Å². The lowest BCUT2D eigenvalue weighted by Crippen LogP contribution is -2.36. The Kier molecular flexibility index (Phi) is 5.02. The number of nitrogens with zero attached hydrogens (tertiary/aromatic N) is 1. The highest BCUT2D eigenvalue weighted by molar-refractivity contribution is 6.30. The molecule has 3 nitrogen and oxygen atoms in total. The van der Waals surface area contributed by atoms with Crippen molar-refractivity contribution in [3.63, 3.8) is 0 Å². The number of Topliss-reactive ketones (excluding diaryl/α,β-unsaturated/α-hetero) is 1. The lowest BCUT2D eigenvalue weighted by atomic mass is 9.96. The summed E-state index contributed by atoms with van der Waals surface area (Å²) in [6.45, 7) is 0. The molecule has 0 aliphatic carbocycles. The molecule has 1 N–H and O–H groups in total. The molecule has 6 heteroatoms. The van der Waals surface area contributed by atoms with E-state index in [0.29, 0.717) is 5.69 Å². The van der Waals surface area contributed by atoms with Crippen LogP contribution in [-0.4, -0.2) is 30.9 Å². The van der Waals surface area contributed by atoms with Crippen molar-refractivity contribution in [3.8, 4) is 0 Å². The second-order valence-corrected chi connectivity index (χ2v) is 5.79. The predicted octanol–water partition coefficient (Wildman–Crippen LogP) is 3.96. The summed E-state index contributed by atoms with van der Waals surface area (Å²) >= 11 is 5.74. The maximum atomic E-state index is 14.4. The first-order valence-electron chi connectivity index (χ1n) is 6.87. The van der Waals surface area contributed by atoms with Gasteiger partial charge in [-0.1, -0.05) is 35.9 Å². The highest BCUT2D eigenvalue weighted by Gasteiger charge is 2.47. The number of rotatable bonds is 5. The lowest BCUT2D eigenvalue weighted by molar-refractivity contribution is -0.0792. The SMILES string of the molecule is CN(C)c1cccc(C(=O)C(F)(F)C(O)c2cccc(Cl)c2)c1. The van der Waals surface area contributed by atoms with Gasteiger partial charge in [0, 0.05) is 30.4 Å². The maximum Gasteiger partial charge on any atom is 0.339 e. The van der Waals surface area contributed by atoms with E-state index in [0.717, 1.165) is 0 Å². The minimum Gasteiger partial charge on any atom is -0.382 e. The zero-order chi connectivity index (χ0) is 17.2. The Morgan fingerprint density at radius 2 is 1.83 bits per heavy atom. The third-order valence-electron chi connectivity index (χ3n) is 3.44. The Labute approximate surface area is 138 Å². The molecule has 1 unspecified atom stereocenters. The van der Waals surface area contributed by atoms with Gasteiger partial charge < -0.3 is 10.0 Å². The number of halogens is 3. The molecule has 0 radical (unpaired) electrons. The fourth-order valence-corrected chi connectivity index (χ4v) is 2.33. The molecule has 0 aliphatic rings. The average molecular weight is 340 g/mol. The predicted molar refractivity (Wildman–Crippen MR) is 86.5 cm³/mol. The smallest absolute Gasteiger partial charge is 0.339 e. The van der Waals surface area contributed by atoms with E-state index in [1.807, 2.05) is 0 Å². The van der Waals surface area contributed by atoms with Gasteiger partial charge in [0.05, 0.1) is 0 Å². The van der Waals surface area contributed by atoms with Gasteiger partial charge in [-0.3, -0.25) is 4.79 Å². The molecule has 0 saturated heterocycles. The van der Waals surface area contributed by atoms with Crippen LogP contribution in [0.15, 0.2) is 48.5 Å². The summed E-state index contributed by atoms with van der Waals surface area (Å²) < 4.78 is 28.8. The van der Waals surface area contributed by atoms with Crippen LogP contribution in [-0.2, 0) is 0 Å². The second-order valence-electron chi connectivity index (χ2n) is 5.35. The van der Waals surface area contributed by atoms with Crippen LogP contribution in [0.2, 0.25) is 5.02 Å². The first-order valence-corrected chi connectivity index (χ1v) is 7.25. The van der Waals surface area contributed by atoms with Gasteiger partial charge in [-0.05, 0) is 29.8 Å². The molecule has 23 heavy (non-hydrogen) atoms. The van der Waals surface area contributed by atoms with Crippen LogP contribution >= 0.6 is 11.6 Å². The van der Waals surface area contributed by atoms with Gasteiger partial charge in [0.2, 0.25) is 5.78 Å². The molecule has 0 bridgehead atoms. The lowest BCUT2D eigenvalue weighted by Gasteiger charge is -2.22. The van der Waals surface area contributed by atoms with Crippen LogP contribution in [0.25, 0.3) is 0 Å². The van der Waals surface area contributed by atoms with Crippen LogP contribution in [0.1, 0.15) is 22.0 Å². The zero-order valence-electron chi connectivity index (χ0n) is 12.6. The van der Waals surface area contributed by atoms with Crippen LogP contribution in [0.3, 0.4) is 0 Å². The van der Waals surface area contributed by atoms with Gasteiger partial charge in [0.15, 0.2) is 6.10 Å². The monoisotopic (exact) mass is 339 g/mol. The third-order valence-corrected chi connectivity index (χ3v) is 3.67. The molecular formula is C17H16ClF2NO2. The van der Waals surface area contributed by atoms with E-state index >= 15 is 0 Å². The van der Waals surface area contributed by atoms with Crippen LogP contribution in [0.5, 0.6) is 0 Å². The molecule has 0 heterocycles. The molecule has 0 saturated carbocycles. The van der Waals surface area contributed by atoms with E-state index in [1.54, 1.807) is 25.1 Å². The number of aliphatic hydroxyl groups excluding tert-OH is 1. The quantitative estimate of drug-likeness (QED) is 0.838. The molecular weight excluding hydrogens is 324 g/mol. The van der Waals surface area contributed by atoms with Crippen LogP contribution < -0.4 is 4.90 Å². The summed E-state index contributed by atoms with van der Waals surface area (Å²) in [5, 5.41) is 10.2. The summed E-state index contributed by atoms with van der Waals surface area (Å²) in [5.74, 6) is -5.40. The molecule has 2 rings (SSSR count). The molecule has 122 valence electrons. The van der Waals surface area contributed by atoms with Crippen molar-refractivity contribution in [1.82, 2.24) is 0 Å². The standard InChI is InChI=1S/C17H16ClF2NO2/c1-21(2)14-8-4-6-12(10-14)16(23)17(19,20)15(22)11-5-3-7-13(18)9-11/h3-10,15,22H,1-2H3. The number of ketones is 1. The highest BCUT2D eigenvalue weighted by Crippen LogP contribution is 2.35.